The quantitative estimate of drug-likeness (QED) is 0.520. The summed E-state index contributed by atoms with van der Waals surface area (Å²) in [4.78, 5) is 45.2. The number of nitrogens with one attached hydrogen (secondary N) is 1. The summed E-state index contributed by atoms with van der Waals surface area (Å²) in [6.07, 6.45) is 3.39. The van der Waals surface area contributed by atoms with Gasteiger partial charge in [-0.15, -0.1) is 0 Å². The number of carbonyl (C=O) groups is 2. The number of piperazine rings is 1. The van der Waals surface area contributed by atoms with E-state index in [1.807, 2.05) is 30.1 Å². The van der Waals surface area contributed by atoms with Gasteiger partial charge in [0.1, 0.15) is 11.5 Å². The standard InChI is InChI=1S/C30H35FN8O2/c1-35-14-16-38(17-15-35)21-10-12-39(13-11-21)29(41)22-9-8-20(18-24(22)31)33-30-32-19-26-27(34-30)36(2)25-7-5-4-6-23(25)28(40)37(26)3/h4-9,18-19,21H,10-17H2,1-3H3,(H,32,33,34). The number of anilines is 5. The molecule has 3 aromatic rings. The van der Waals surface area contributed by atoms with Crippen molar-refractivity contribution in [2.45, 2.75) is 18.9 Å². The number of carbonyl (C=O) groups excluding carboxylic acids is 2. The van der Waals surface area contributed by atoms with Crippen molar-refractivity contribution in [3.63, 3.8) is 0 Å². The summed E-state index contributed by atoms with van der Waals surface area (Å²) in [5.41, 5.74) is 2.34. The van der Waals surface area contributed by atoms with Gasteiger partial charge in [-0.25, -0.2) is 9.37 Å². The molecule has 4 heterocycles. The highest BCUT2D eigenvalue weighted by molar-refractivity contribution is 6.13. The third-order valence-electron chi connectivity index (χ3n) is 8.49. The van der Waals surface area contributed by atoms with Crippen LogP contribution in [0.2, 0.25) is 0 Å². The molecule has 2 saturated heterocycles. The number of rotatable bonds is 4. The van der Waals surface area contributed by atoms with Crippen molar-refractivity contribution in [3.8, 4) is 0 Å². The minimum atomic E-state index is -0.590. The summed E-state index contributed by atoms with van der Waals surface area (Å²) in [6.45, 7) is 5.53. The Hall–Kier alpha value is -4.09. The Balaban J connectivity index is 1.14. The fourth-order valence-corrected chi connectivity index (χ4v) is 5.95. The van der Waals surface area contributed by atoms with E-state index in [1.165, 1.54) is 17.0 Å². The maximum atomic E-state index is 15.2. The largest absolute Gasteiger partial charge is 0.338 e. The number of hydrogen-bond acceptors (Lipinski definition) is 8. The number of piperidine rings is 1. The molecule has 0 spiro atoms. The van der Waals surface area contributed by atoms with E-state index in [2.05, 4.69) is 32.1 Å². The van der Waals surface area contributed by atoms with Gasteiger partial charge in [0.05, 0.1) is 23.0 Å². The molecule has 214 valence electrons. The zero-order chi connectivity index (χ0) is 28.7. The van der Waals surface area contributed by atoms with Crippen LogP contribution in [-0.2, 0) is 0 Å². The Morgan fingerprint density at radius 3 is 2.39 bits per heavy atom. The molecule has 11 heteroatoms. The summed E-state index contributed by atoms with van der Waals surface area (Å²) in [5.74, 6) is -0.232. The summed E-state index contributed by atoms with van der Waals surface area (Å²) in [7, 11) is 5.68. The van der Waals surface area contributed by atoms with E-state index >= 15 is 4.39 Å². The number of aromatic nitrogens is 2. The second kappa shape index (κ2) is 11.1. The summed E-state index contributed by atoms with van der Waals surface area (Å²) in [6, 6.07) is 12.3. The fourth-order valence-electron chi connectivity index (χ4n) is 5.95. The van der Waals surface area contributed by atoms with E-state index < -0.39 is 5.82 Å². The molecule has 41 heavy (non-hydrogen) atoms. The van der Waals surface area contributed by atoms with E-state index in [0.717, 1.165) is 44.7 Å². The molecule has 0 aliphatic carbocycles. The molecule has 0 radical (unpaired) electrons. The van der Waals surface area contributed by atoms with Gasteiger partial charge in [-0.2, -0.15) is 4.98 Å². The molecule has 3 aliphatic heterocycles. The van der Waals surface area contributed by atoms with Crippen molar-refractivity contribution in [2.75, 3.05) is 75.5 Å². The highest BCUT2D eigenvalue weighted by Crippen LogP contribution is 2.38. The van der Waals surface area contributed by atoms with Gasteiger partial charge in [-0.3, -0.25) is 14.5 Å². The first kappa shape index (κ1) is 27.1. The Morgan fingerprint density at radius 1 is 0.927 bits per heavy atom. The SMILES string of the molecule is CN1CCN(C2CCN(C(=O)c3ccc(Nc4ncc5c(n4)N(C)c4ccccc4C(=O)N5C)cc3F)CC2)CC1. The Kier molecular flexibility index (Phi) is 7.31. The molecular weight excluding hydrogens is 523 g/mol. The van der Waals surface area contributed by atoms with E-state index in [0.29, 0.717) is 41.9 Å². The van der Waals surface area contributed by atoms with Crippen LogP contribution < -0.4 is 15.1 Å². The van der Waals surface area contributed by atoms with Crippen molar-refractivity contribution >= 4 is 40.6 Å². The number of amides is 2. The molecule has 0 atom stereocenters. The maximum absolute atomic E-state index is 15.2. The van der Waals surface area contributed by atoms with E-state index in [1.54, 1.807) is 30.3 Å². The van der Waals surface area contributed by atoms with Crippen molar-refractivity contribution in [3.05, 3.63) is 65.6 Å². The van der Waals surface area contributed by atoms with Gasteiger partial charge >= 0.3 is 0 Å². The second-order valence-electron chi connectivity index (χ2n) is 11.0. The monoisotopic (exact) mass is 558 g/mol. The highest BCUT2D eigenvalue weighted by atomic mass is 19.1. The first-order chi connectivity index (χ1) is 19.8. The molecule has 0 unspecified atom stereocenters. The molecule has 1 aromatic heterocycles. The molecule has 2 aromatic carbocycles. The maximum Gasteiger partial charge on any atom is 0.260 e. The minimum absolute atomic E-state index is 0.0629. The summed E-state index contributed by atoms with van der Waals surface area (Å²) in [5, 5.41) is 3.05. The third kappa shape index (κ3) is 5.22. The second-order valence-corrected chi connectivity index (χ2v) is 11.0. The molecule has 0 bridgehead atoms. The number of likely N-dealkylation sites (tertiary alicyclic amines) is 1. The number of hydrogen-bond donors (Lipinski definition) is 1. The van der Waals surface area contributed by atoms with Crippen LogP contribution >= 0.6 is 0 Å². The van der Waals surface area contributed by atoms with Crippen LogP contribution in [0.25, 0.3) is 0 Å². The van der Waals surface area contributed by atoms with Crippen molar-refractivity contribution in [1.29, 1.82) is 0 Å². The number of para-hydroxylation sites is 1. The summed E-state index contributed by atoms with van der Waals surface area (Å²) < 4.78 is 15.2. The molecule has 0 saturated carbocycles. The van der Waals surface area contributed by atoms with Crippen LogP contribution in [0.4, 0.5) is 33.2 Å². The first-order valence-corrected chi connectivity index (χ1v) is 14.1. The van der Waals surface area contributed by atoms with Gasteiger partial charge in [-0.1, -0.05) is 12.1 Å². The molecule has 6 rings (SSSR count). The minimum Gasteiger partial charge on any atom is -0.338 e. The lowest BCUT2D eigenvalue weighted by molar-refractivity contribution is 0.0515. The van der Waals surface area contributed by atoms with Crippen LogP contribution in [0.3, 0.4) is 0 Å². The molecule has 10 nitrogen and oxygen atoms in total. The zero-order valence-electron chi connectivity index (χ0n) is 23.7. The Labute approximate surface area is 239 Å². The van der Waals surface area contributed by atoms with Crippen molar-refractivity contribution in [1.82, 2.24) is 24.7 Å². The lowest BCUT2D eigenvalue weighted by Gasteiger charge is -2.42. The predicted molar refractivity (Wildman–Crippen MR) is 157 cm³/mol. The zero-order valence-corrected chi connectivity index (χ0v) is 23.7. The van der Waals surface area contributed by atoms with Gasteiger partial charge in [0.15, 0.2) is 5.82 Å². The van der Waals surface area contributed by atoms with E-state index in [4.69, 9.17) is 0 Å². The van der Waals surface area contributed by atoms with Gasteiger partial charge in [0, 0.05) is 65.1 Å². The third-order valence-corrected chi connectivity index (χ3v) is 8.49. The normalized spacial score (nSPS) is 18.6. The molecule has 3 aliphatic rings. The topological polar surface area (TPSA) is 88.1 Å². The predicted octanol–water partition coefficient (Wildman–Crippen LogP) is 3.57. The highest BCUT2D eigenvalue weighted by Gasteiger charge is 2.31. The number of likely N-dealkylation sites (N-methyl/N-ethyl adjacent to an activating group) is 1. The van der Waals surface area contributed by atoms with Gasteiger partial charge in [0.2, 0.25) is 5.95 Å². The molecule has 2 amide bonds. The van der Waals surface area contributed by atoms with E-state index in [-0.39, 0.29) is 23.3 Å². The van der Waals surface area contributed by atoms with Crippen molar-refractivity contribution in [2.24, 2.45) is 0 Å². The number of benzene rings is 2. The van der Waals surface area contributed by atoms with Crippen LogP contribution in [0.15, 0.2) is 48.7 Å². The Morgan fingerprint density at radius 2 is 1.66 bits per heavy atom. The smallest absolute Gasteiger partial charge is 0.260 e. The van der Waals surface area contributed by atoms with Crippen LogP contribution in [0.1, 0.15) is 33.6 Å². The van der Waals surface area contributed by atoms with Crippen LogP contribution in [0.5, 0.6) is 0 Å². The first-order valence-electron chi connectivity index (χ1n) is 14.1. The van der Waals surface area contributed by atoms with E-state index in [9.17, 15) is 9.59 Å². The lowest BCUT2D eigenvalue weighted by Crippen LogP contribution is -2.53. The number of halogens is 1. The van der Waals surface area contributed by atoms with Crippen LogP contribution in [-0.4, -0.2) is 103 Å². The number of nitrogens with zero attached hydrogens (tertiary/aromatic N) is 7. The van der Waals surface area contributed by atoms with Gasteiger partial charge in [0.25, 0.3) is 11.8 Å². The summed E-state index contributed by atoms with van der Waals surface area (Å²) >= 11 is 0. The molecular formula is C30H35FN8O2. The molecule has 1 N–H and O–H groups in total. The van der Waals surface area contributed by atoms with Gasteiger partial charge < -0.3 is 24.9 Å². The lowest BCUT2D eigenvalue weighted by atomic mass is 10.0. The average Bonchev–Trinajstić information content (AvgIpc) is 3.07. The number of fused-ring (bicyclic) bond motifs is 2. The van der Waals surface area contributed by atoms with Gasteiger partial charge in [-0.05, 0) is 50.2 Å². The average molecular weight is 559 g/mol. The van der Waals surface area contributed by atoms with Crippen molar-refractivity contribution < 1.29 is 14.0 Å². The van der Waals surface area contributed by atoms with Crippen LogP contribution in [0, 0.1) is 5.82 Å². The Bertz CT molecular complexity index is 1470. The fraction of sp³-hybridized carbons (Fsp3) is 0.400. The molecule has 2 fully saturated rings.